The molecule has 204 valence electrons. The summed E-state index contributed by atoms with van der Waals surface area (Å²) in [5.74, 6) is -0.673. The van der Waals surface area contributed by atoms with Gasteiger partial charge >= 0.3 is 5.69 Å². The van der Waals surface area contributed by atoms with E-state index in [1.165, 1.54) is 25.4 Å². The molecule has 0 saturated carbocycles. The van der Waals surface area contributed by atoms with E-state index in [-0.39, 0.29) is 53.7 Å². The minimum atomic E-state index is -1.34. The lowest BCUT2D eigenvalue weighted by atomic mass is 9.91. The summed E-state index contributed by atoms with van der Waals surface area (Å²) in [6.07, 6.45) is -0.313. The van der Waals surface area contributed by atoms with Gasteiger partial charge in [0.2, 0.25) is 5.91 Å². The second-order valence-corrected chi connectivity index (χ2v) is 10.1. The van der Waals surface area contributed by atoms with Crippen LogP contribution < -0.4 is 21.3 Å². The van der Waals surface area contributed by atoms with Crippen molar-refractivity contribution in [3.8, 4) is 5.75 Å². The fraction of sp³-hybridized carbons (Fsp3) is 0.538. The number of carbonyl (C=O) groups is 1. The van der Waals surface area contributed by atoms with Crippen molar-refractivity contribution >= 4 is 11.6 Å². The summed E-state index contributed by atoms with van der Waals surface area (Å²) in [6, 6.07) is 3.55. The molecule has 0 aliphatic heterocycles. The number of halogens is 1. The molecule has 0 aliphatic rings. The van der Waals surface area contributed by atoms with Crippen LogP contribution in [0.2, 0.25) is 0 Å². The van der Waals surface area contributed by atoms with E-state index in [0.717, 1.165) is 15.2 Å². The van der Waals surface area contributed by atoms with Gasteiger partial charge in [0, 0.05) is 24.3 Å². The number of benzene rings is 1. The van der Waals surface area contributed by atoms with Crippen molar-refractivity contribution in [3.63, 3.8) is 0 Å². The SMILES string of the molecule is COc1ccc(F)cc1C(O)Cn1cc(/C(C)=N/OC(C)C)c(=O)n(CC(C)(C)C(=O)NC(C)C)c1=O. The van der Waals surface area contributed by atoms with Crippen molar-refractivity contribution < 1.29 is 23.9 Å². The fourth-order valence-corrected chi connectivity index (χ4v) is 3.58. The van der Waals surface area contributed by atoms with Crippen LogP contribution in [0.4, 0.5) is 4.39 Å². The first-order chi connectivity index (χ1) is 17.2. The van der Waals surface area contributed by atoms with Crippen LogP contribution in [0.15, 0.2) is 39.1 Å². The predicted molar refractivity (Wildman–Crippen MR) is 138 cm³/mol. The number of rotatable bonds is 11. The van der Waals surface area contributed by atoms with Gasteiger partial charge in [0.25, 0.3) is 5.56 Å². The van der Waals surface area contributed by atoms with Crippen LogP contribution in [-0.2, 0) is 22.7 Å². The van der Waals surface area contributed by atoms with Gasteiger partial charge in [-0.1, -0.05) is 5.16 Å². The van der Waals surface area contributed by atoms with Crippen molar-refractivity contribution in [2.24, 2.45) is 10.6 Å². The van der Waals surface area contributed by atoms with Crippen LogP contribution in [0.3, 0.4) is 0 Å². The van der Waals surface area contributed by atoms with Crippen molar-refractivity contribution in [2.45, 2.75) is 79.8 Å². The fourth-order valence-electron chi connectivity index (χ4n) is 3.58. The van der Waals surface area contributed by atoms with Gasteiger partial charge in [-0.05, 0) is 66.7 Å². The summed E-state index contributed by atoms with van der Waals surface area (Å²) in [7, 11) is 1.38. The highest BCUT2D eigenvalue weighted by atomic mass is 19.1. The molecule has 1 heterocycles. The van der Waals surface area contributed by atoms with Gasteiger partial charge in [-0.15, -0.1) is 0 Å². The van der Waals surface area contributed by atoms with Crippen molar-refractivity contribution in [2.75, 3.05) is 7.11 Å². The molecule has 37 heavy (non-hydrogen) atoms. The van der Waals surface area contributed by atoms with Gasteiger partial charge in [-0.2, -0.15) is 0 Å². The van der Waals surface area contributed by atoms with Crippen LogP contribution in [0.5, 0.6) is 5.75 Å². The third-order valence-electron chi connectivity index (χ3n) is 5.54. The lowest BCUT2D eigenvalue weighted by molar-refractivity contribution is -0.130. The molecule has 1 aromatic heterocycles. The second-order valence-electron chi connectivity index (χ2n) is 10.1. The van der Waals surface area contributed by atoms with Gasteiger partial charge < -0.3 is 20.0 Å². The van der Waals surface area contributed by atoms with Crippen LogP contribution >= 0.6 is 0 Å². The molecule has 0 aliphatic carbocycles. The number of carbonyl (C=O) groups excluding carboxylic acids is 1. The van der Waals surface area contributed by atoms with Crippen LogP contribution in [-0.4, -0.2) is 45.1 Å². The van der Waals surface area contributed by atoms with Crippen LogP contribution in [0, 0.1) is 11.2 Å². The first kappa shape index (κ1) is 29.8. The van der Waals surface area contributed by atoms with E-state index in [1.54, 1.807) is 34.6 Å². The Bertz CT molecular complexity index is 1260. The highest BCUT2D eigenvalue weighted by Crippen LogP contribution is 2.27. The van der Waals surface area contributed by atoms with Gasteiger partial charge in [-0.3, -0.25) is 18.7 Å². The number of hydrogen-bond acceptors (Lipinski definition) is 7. The molecule has 11 heteroatoms. The highest BCUT2D eigenvalue weighted by Gasteiger charge is 2.31. The first-order valence-corrected chi connectivity index (χ1v) is 12.1. The van der Waals surface area contributed by atoms with E-state index in [1.807, 2.05) is 13.8 Å². The van der Waals surface area contributed by atoms with Crippen molar-refractivity contribution in [3.05, 3.63) is 62.2 Å². The van der Waals surface area contributed by atoms with Crippen molar-refractivity contribution in [1.29, 1.82) is 0 Å². The maximum Gasteiger partial charge on any atom is 0.331 e. The van der Waals surface area contributed by atoms with E-state index in [9.17, 15) is 23.9 Å². The van der Waals surface area contributed by atoms with Gasteiger partial charge in [0.1, 0.15) is 23.8 Å². The Hall–Kier alpha value is -3.47. The summed E-state index contributed by atoms with van der Waals surface area (Å²) < 4.78 is 21.2. The molecule has 10 nitrogen and oxygen atoms in total. The number of aliphatic hydroxyl groups is 1. The quantitative estimate of drug-likeness (QED) is 0.347. The summed E-state index contributed by atoms with van der Waals surface area (Å²) in [5.41, 5.74) is -2.11. The largest absolute Gasteiger partial charge is 0.496 e. The Kier molecular flexibility index (Phi) is 9.80. The lowest BCUT2D eigenvalue weighted by Crippen LogP contribution is -2.49. The number of aliphatic hydroxyl groups excluding tert-OH is 1. The predicted octanol–water partition coefficient (Wildman–Crippen LogP) is 2.59. The zero-order valence-corrected chi connectivity index (χ0v) is 22.7. The number of aromatic nitrogens is 2. The molecule has 2 rings (SSSR count). The van der Waals surface area contributed by atoms with Gasteiger partial charge in [-0.25, -0.2) is 9.18 Å². The Morgan fingerprint density at radius 2 is 1.86 bits per heavy atom. The zero-order valence-electron chi connectivity index (χ0n) is 22.7. The average molecular weight is 521 g/mol. The molecule has 2 aromatic rings. The molecule has 1 unspecified atom stereocenters. The summed E-state index contributed by atoms with van der Waals surface area (Å²) in [6.45, 7) is 11.4. The second kappa shape index (κ2) is 12.2. The molecular weight excluding hydrogens is 483 g/mol. The molecule has 0 radical (unpaired) electrons. The van der Waals surface area contributed by atoms with E-state index in [4.69, 9.17) is 9.57 Å². The number of ether oxygens (including phenoxy) is 1. The Labute approximate surface area is 215 Å². The average Bonchev–Trinajstić information content (AvgIpc) is 2.81. The van der Waals surface area contributed by atoms with E-state index >= 15 is 0 Å². The number of methoxy groups -OCH3 is 1. The monoisotopic (exact) mass is 520 g/mol. The van der Waals surface area contributed by atoms with Crippen molar-refractivity contribution in [1.82, 2.24) is 14.5 Å². The summed E-state index contributed by atoms with van der Waals surface area (Å²) in [4.78, 5) is 44.9. The topological polar surface area (TPSA) is 124 Å². The summed E-state index contributed by atoms with van der Waals surface area (Å²) in [5, 5.41) is 17.7. The zero-order chi connectivity index (χ0) is 28.1. The third-order valence-corrected chi connectivity index (χ3v) is 5.54. The highest BCUT2D eigenvalue weighted by molar-refractivity contribution is 5.97. The molecule has 1 amide bonds. The van der Waals surface area contributed by atoms with E-state index in [2.05, 4.69) is 10.5 Å². The molecule has 0 fully saturated rings. The maximum absolute atomic E-state index is 13.9. The summed E-state index contributed by atoms with van der Waals surface area (Å²) >= 11 is 0. The number of nitrogens with one attached hydrogen (secondary N) is 1. The van der Waals surface area contributed by atoms with Gasteiger partial charge in [0.15, 0.2) is 0 Å². The third kappa shape index (κ3) is 7.51. The standard InChI is InChI=1S/C26H37FN4O6/c1-15(2)28-24(34)26(6,7)14-31-23(33)20(17(5)29-37-16(3)4)12-30(25(31)35)13-21(32)19-11-18(27)9-10-22(19)36-8/h9-12,15-16,21,32H,13-14H2,1-8H3,(H,28,34)/b29-17+. The lowest BCUT2D eigenvalue weighted by Gasteiger charge is -2.26. The van der Waals surface area contributed by atoms with E-state index < -0.39 is 28.6 Å². The van der Waals surface area contributed by atoms with Crippen LogP contribution in [0.1, 0.15) is 65.7 Å². The van der Waals surface area contributed by atoms with Gasteiger partial charge in [0.05, 0.1) is 30.3 Å². The molecule has 1 aromatic carbocycles. The normalized spacial score (nSPS) is 13.1. The smallest absolute Gasteiger partial charge is 0.331 e. The molecular formula is C26H37FN4O6. The Balaban J connectivity index is 2.65. The molecule has 0 spiro atoms. The minimum Gasteiger partial charge on any atom is -0.496 e. The minimum absolute atomic E-state index is 0.0544. The number of nitrogens with zero attached hydrogens (tertiary/aromatic N) is 3. The molecule has 2 N–H and O–H groups in total. The maximum atomic E-state index is 13.9. The first-order valence-electron chi connectivity index (χ1n) is 12.1. The Morgan fingerprint density at radius 3 is 2.43 bits per heavy atom. The number of hydrogen-bond donors (Lipinski definition) is 2. The van der Waals surface area contributed by atoms with E-state index in [0.29, 0.717) is 0 Å². The number of amides is 1. The number of oxime groups is 1. The molecule has 1 atom stereocenters. The molecule has 0 bridgehead atoms. The Morgan fingerprint density at radius 1 is 1.22 bits per heavy atom. The molecule has 0 saturated heterocycles. The van der Waals surface area contributed by atoms with Crippen LogP contribution in [0.25, 0.3) is 0 Å².